The summed E-state index contributed by atoms with van der Waals surface area (Å²) in [6, 6.07) is 8.72. The predicted octanol–water partition coefficient (Wildman–Crippen LogP) is 6.09. The van der Waals surface area contributed by atoms with Gasteiger partial charge in [0, 0.05) is 37.1 Å². The highest BCUT2D eigenvalue weighted by molar-refractivity contribution is 6.98. The fourth-order valence-electron chi connectivity index (χ4n) is 5.87. The average Bonchev–Trinajstić information content (AvgIpc) is 3.43. The third-order valence-corrected chi connectivity index (χ3v) is 11.5. The zero-order chi connectivity index (χ0) is 26.2. The third-order valence-electron chi connectivity index (χ3n) is 7.98. The maximum Gasteiger partial charge on any atom is 0.337 e. The van der Waals surface area contributed by atoms with Gasteiger partial charge in [-0.1, -0.05) is 45.0 Å². The fourth-order valence-corrected chi connectivity index (χ4v) is 8.94. The second kappa shape index (κ2) is 10.2. The number of aromatic nitrogens is 1. The maximum atomic E-state index is 11.6. The number of carboxylic acid groups (broad SMARTS) is 1. The van der Waals surface area contributed by atoms with Gasteiger partial charge in [0.25, 0.3) is 0 Å². The minimum atomic E-state index is -2.05. The zero-order valence-electron chi connectivity index (χ0n) is 22.5. The second-order valence-corrected chi connectivity index (χ2v) is 15.3. The van der Waals surface area contributed by atoms with Crippen molar-refractivity contribution in [2.24, 2.45) is 4.99 Å². The quantitative estimate of drug-likeness (QED) is 0.361. The van der Waals surface area contributed by atoms with Crippen LogP contribution in [0.1, 0.15) is 66.2 Å². The van der Waals surface area contributed by atoms with Crippen LogP contribution in [0.4, 0.5) is 5.69 Å². The van der Waals surface area contributed by atoms with E-state index in [1.165, 1.54) is 59.1 Å². The first-order valence-electron chi connectivity index (χ1n) is 13.6. The van der Waals surface area contributed by atoms with Crippen LogP contribution in [0.5, 0.6) is 0 Å². The number of aromatic carboxylic acids is 1. The number of rotatable bonds is 7. The van der Waals surface area contributed by atoms with E-state index in [2.05, 4.69) is 61.3 Å². The van der Waals surface area contributed by atoms with Crippen molar-refractivity contribution in [1.29, 1.82) is 0 Å². The van der Waals surface area contributed by atoms with Gasteiger partial charge in [-0.25, -0.2) is 4.79 Å². The van der Waals surface area contributed by atoms with Gasteiger partial charge in [0.2, 0.25) is 0 Å². The maximum absolute atomic E-state index is 11.6. The minimum absolute atomic E-state index is 0.221. The smallest absolute Gasteiger partial charge is 0.337 e. The number of carboxylic acids is 1. The van der Waals surface area contributed by atoms with Gasteiger partial charge in [0.05, 0.1) is 17.0 Å². The Kier molecular flexibility index (Phi) is 7.04. The van der Waals surface area contributed by atoms with Crippen LogP contribution in [0.3, 0.4) is 0 Å². The van der Waals surface area contributed by atoms with Gasteiger partial charge in [-0.2, -0.15) is 0 Å². The predicted molar refractivity (Wildman–Crippen MR) is 156 cm³/mol. The van der Waals surface area contributed by atoms with Crippen LogP contribution in [0, 0.1) is 6.92 Å². The number of allylic oxidation sites excluding steroid dienone is 5. The lowest BCUT2D eigenvalue weighted by Crippen LogP contribution is -2.49. The molecule has 3 heterocycles. The van der Waals surface area contributed by atoms with Crippen molar-refractivity contribution in [3.8, 4) is 0 Å². The highest BCUT2D eigenvalue weighted by Gasteiger charge is 2.40. The molecule has 0 amide bonds. The van der Waals surface area contributed by atoms with E-state index in [-0.39, 0.29) is 5.56 Å². The summed E-state index contributed by atoms with van der Waals surface area (Å²) in [7, 11) is -2.05. The molecule has 37 heavy (non-hydrogen) atoms. The summed E-state index contributed by atoms with van der Waals surface area (Å²) in [5.41, 5.74) is 7.88. The first kappa shape index (κ1) is 25.4. The molecule has 1 N–H and O–H groups in total. The molecule has 3 aliphatic rings. The summed E-state index contributed by atoms with van der Waals surface area (Å²) in [6.07, 6.45) is 14.2. The summed E-state index contributed by atoms with van der Waals surface area (Å²) in [5.74, 6) is -0.949. The molecule has 2 aliphatic heterocycles. The minimum Gasteiger partial charge on any atom is -0.478 e. The van der Waals surface area contributed by atoms with Crippen molar-refractivity contribution >= 4 is 36.2 Å². The van der Waals surface area contributed by atoms with Crippen LogP contribution in [-0.2, 0) is 0 Å². The van der Waals surface area contributed by atoms with Crippen LogP contribution >= 0.6 is 0 Å². The van der Waals surface area contributed by atoms with E-state index in [0.29, 0.717) is 0 Å². The molecule has 2 aromatic rings. The molecule has 0 radical (unpaired) electrons. The molecule has 6 heteroatoms. The molecule has 0 bridgehead atoms. The van der Waals surface area contributed by atoms with Gasteiger partial charge in [-0.3, -0.25) is 9.98 Å². The van der Waals surface area contributed by atoms with Gasteiger partial charge >= 0.3 is 5.97 Å². The average molecular weight is 512 g/mol. The summed E-state index contributed by atoms with van der Waals surface area (Å²) in [5, 5.41) is 12.3. The summed E-state index contributed by atoms with van der Waals surface area (Å²) in [6.45, 7) is 12.2. The monoisotopic (exact) mass is 511 g/mol. The standard InChI is InChI=1S/C31H37N3O2Si/c1-5-6-7-14-32-23-10-12-25-27(18-23)37(3,4)28-19-24(34-15-8-9-16-34)11-13-26(28)29(25)30-21(2)17-22(20-33-30)31(35)36/h10-13,17-20H,5-9,14-16H2,1-4H3,(H,35,36). The second-order valence-electron chi connectivity index (χ2n) is 10.9. The van der Waals surface area contributed by atoms with Crippen LogP contribution < -0.4 is 10.1 Å². The summed E-state index contributed by atoms with van der Waals surface area (Å²) in [4.78, 5) is 23.7. The van der Waals surface area contributed by atoms with Gasteiger partial charge in [0.15, 0.2) is 0 Å². The molecule has 0 spiro atoms. The van der Waals surface area contributed by atoms with Gasteiger partial charge in [-0.15, -0.1) is 0 Å². The molecule has 192 valence electrons. The summed E-state index contributed by atoms with van der Waals surface area (Å²) < 4.78 is 0. The molecule has 1 aromatic carbocycles. The zero-order valence-corrected chi connectivity index (χ0v) is 23.5. The van der Waals surface area contributed by atoms with Crippen LogP contribution in [0.15, 0.2) is 64.5 Å². The molecule has 0 unspecified atom stereocenters. The molecule has 1 fully saturated rings. The van der Waals surface area contributed by atoms with Crippen molar-refractivity contribution in [2.45, 2.75) is 59.0 Å². The van der Waals surface area contributed by atoms with Crippen LogP contribution in [0.2, 0.25) is 13.1 Å². The van der Waals surface area contributed by atoms with Gasteiger partial charge in [0.1, 0.15) is 8.07 Å². The van der Waals surface area contributed by atoms with Gasteiger partial charge < -0.3 is 10.0 Å². The Balaban J connectivity index is 1.69. The fraction of sp³-hybridized carbons (Fsp3) is 0.387. The number of fused-ring (bicyclic) bond motifs is 2. The molecule has 1 aliphatic carbocycles. The topological polar surface area (TPSA) is 65.8 Å². The van der Waals surface area contributed by atoms with E-state index in [1.807, 2.05) is 6.92 Å². The molecule has 5 rings (SSSR count). The van der Waals surface area contributed by atoms with E-state index in [1.54, 1.807) is 6.07 Å². The van der Waals surface area contributed by atoms with Crippen molar-refractivity contribution in [3.05, 3.63) is 81.8 Å². The lowest BCUT2D eigenvalue weighted by atomic mass is 9.90. The molecule has 1 aromatic heterocycles. The number of hydrogen-bond acceptors (Lipinski definition) is 4. The van der Waals surface area contributed by atoms with Crippen molar-refractivity contribution in [3.63, 3.8) is 0 Å². The number of hydrogen-bond donors (Lipinski definition) is 1. The van der Waals surface area contributed by atoms with E-state index in [9.17, 15) is 9.90 Å². The SMILES string of the molecule is CCCCCN=C1C=CC2=C(c3ncc(C(=O)O)cc3C)c3ccc(N4CCCC4)cc3[Si](C)(C)C2=C1. The summed E-state index contributed by atoms with van der Waals surface area (Å²) >= 11 is 0. The highest BCUT2D eigenvalue weighted by atomic mass is 28.3. The number of aryl methyl sites for hydroxylation is 1. The molecule has 0 atom stereocenters. The number of pyridine rings is 1. The Labute approximate surface area is 221 Å². The number of aliphatic imine (C=N–C) groups is 1. The number of carbonyl (C=O) groups is 1. The van der Waals surface area contributed by atoms with E-state index in [4.69, 9.17) is 9.98 Å². The largest absolute Gasteiger partial charge is 0.478 e. The van der Waals surface area contributed by atoms with E-state index in [0.717, 1.165) is 48.6 Å². The molecular weight excluding hydrogens is 474 g/mol. The number of unbranched alkanes of at least 4 members (excludes halogenated alkanes) is 2. The van der Waals surface area contributed by atoms with Gasteiger partial charge in [-0.05, 0) is 83.6 Å². The lowest BCUT2D eigenvalue weighted by Gasteiger charge is -2.38. The molecule has 1 saturated heterocycles. The van der Waals surface area contributed by atoms with Crippen LogP contribution in [0.25, 0.3) is 5.57 Å². The Morgan fingerprint density at radius 2 is 1.92 bits per heavy atom. The Bertz CT molecular complexity index is 1360. The van der Waals surface area contributed by atoms with Crippen molar-refractivity contribution < 1.29 is 9.90 Å². The first-order valence-corrected chi connectivity index (χ1v) is 16.6. The molecular formula is C31H37N3O2Si. The number of nitrogens with zero attached hydrogens (tertiary/aromatic N) is 3. The van der Waals surface area contributed by atoms with E-state index >= 15 is 0 Å². The third kappa shape index (κ3) is 4.75. The molecule has 0 saturated carbocycles. The first-order chi connectivity index (χ1) is 17.8. The lowest BCUT2D eigenvalue weighted by molar-refractivity contribution is 0.0696. The van der Waals surface area contributed by atoms with Crippen molar-refractivity contribution in [2.75, 3.05) is 24.5 Å². The van der Waals surface area contributed by atoms with Crippen LogP contribution in [-0.4, -0.2) is 49.5 Å². The molecule has 5 nitrogen and oxygen atoms in total. The Hall–Kier alpha value is -3.25. The normalized spacial score (nSPS) is 19.2. The number of anilines is 1. The van der Waals surface area contributed by atoms with E-state index < -0.39 is 14.0 Å². The van der Waals surface area contributed by atoms with Crippen molar-refractivity contribution in [1.82, 2.24) is 4.98 Å². The Morgan fingerprint density at radius 3 is 2.62 bits per heavy atom. The Morgan fingerprint density at radius 1 is 1.14 bits per heavy atom. The number of benzene rings is 1. The highest BCUT2D eigenvalue weighted by Crippen LogP contribution is 2.42.